The van der Waals surface area contributed by atoms with Crippen molar-refractivity contribution in [1.82, 2.24) is 5.32 Å². The molecule has 0 radical (unpaired) electrons. The van der Waals surface area contributed by atoms with Crippen molar-refractivity contribution in [2.45, 2.75) is 19.4 Å². The zero-order valence-electron chi connectivity index (χ0n) is 12.2. The summed E-state index contributed by atoms with van der Waals surface area (Å²) in [6.45, 7) is 2.05. The van der Waals surface area contributed by atoms with Gasteiger partial charge in [0.05, 0.1) is 19.1 Å². The number of fused-ring (bicyclic) bond motifs is 1. The van der Waals surface area contributed by atoms with E-state index in [2.05, 4.69) is 35.7 Å². The summed E-state index contributed by atoms with van der Waals surface area (Å²) in [5.74, 6) is 0.842. The molecule has 0 fully saturated rings. The van der Waals surface area contributed by atoms with E-state index in [1.54, 1.807) is 7.11 Å². The summed E-state index contributed by atoms with van der Waals surface area (Å²) in [7, 11) is 3.58. The maximum absolute atomic E-state index is 9.26. The molecule has 2 aromatic carbocycles. The molecule has 0 saturated heterocycles. The fraction of sp³-hybridized carbons (Fsp3) is 0.353. The number of nitrogens with zero attached hydrogens (tertiary/aromatic N) is 1. The number of nitrogens with one attached hydrogen (secondary N) is 1. The molecule has 20 heavy (non-hydrogen) atoms. The first kappa shape index (κ1) is 14.4. The normalized spacial score (nSPS) is 13.7. The van der Waals surface area contributed by atoms with Gasteiger partial charge in [-0.3, -0.25) is 0 Å². The van der Waals surface area contributed by atoms with Crippen LogP contribution in [-0.2, 0) is 0 Å². The first-order valence-corrected chi connectivity index (χ1v) is 6.88. The van der Waals surface area contributed by atoms with Crippen molar-refractivity contribution in [2.24, 2.45) is 5.92 Å². The van der Waals surface area contributed by atoms with E-state index in [1.807, 2.05) is 26.1 Å². The van der Waals surface area contributed by atoms with E-state index in [1.165, 1.54) is 0 Å². The number of ether oxygens (including phenoxy) is 1. The molecule has 0 saturated carbocycles. The van der Waals surface area contributed by atoms with E-state index >= 15 is 0 Å². The van der Waals surface area contributed by atoms with Crippen molar-refractivity contribution in [3.63, 3.8) is 0 Å². The summed E-state index contributed by atoms with van der Waals surface area (Å²) < 4.78 is 5.24. The molecular formula is C17H20N2O. The van der Waals surface area contributed by atoms with Gasteiger partial charge in [-0.05, 0) is 48.0 Å². The highest BCUT2D eigenvalue weighted by molar-refractivity contribution is 5.84. The number of benzene rings is 2. The lowest BCUT2D eigenvalue weighted by molar-refractivity contribution is 0.415. The van der Waals surface area contributed by atoms with Crippen LogP contribution in [0, 0.1) is 17.2 Å². The summed E-state index contributed by atoms with van der Waals surface area (Å²) in [6.07, 6.45) is 0.836. The Morgan fingerprint density at radius 3 is 2.50 bits per heavy atom. The quantitative estimate of drug-likeness (QED) is 0.900. The van der Waals surface area contributed by atoms with Crippen LogP contribution in [0.4, 0.5) is 0 Å². The SMILES string of the molecule is CCC(C#N)C(NC)c1ccc2cc(OC)ccc2c1. The lowest BCUT2D eigenvalue weighted by atomic mass is 9.91. The molecule has 3 nitrogen and oxygen atoms in total. The fourth-order valence-electron chi connectivity index (χ4n) is 2.56. The highest BCUT2D eigenvalue weighted by atomic mass is 16.5. The van der Waals surface area contributed by atoms with Crippen LogP contribution >= 0.6 is 0 Å². The maximum atomic E-state index is 9.26. The van der Waals surface area contributed by atoms with Crippen molar-refractivity contribution in [3.8, 4) is 11.8 Å². The van der Waals surface area contributed by atoms with Gasteiger partial charge < -0.3 is 10.1 Å². The van der Waals surface area contributed by atoms with E-state index in [9.17, 15) is 5.26 Å². The topological polar surface area (TPSA) is 45.0 Å². The van der Waals surface area contributed by atoms with Crippen molar-refractivity contribution < 1.29 is 4.74 Å². The molecule has 104 valence electrons. The van der Waals surface area contributed by atoms with E-state index < -0.39 is 0 Å². The highest BCUT2D eigenvalue weighted by Crippen LogP contribution is 2.28. The molecule has 0 spiro atoms. The number of hydrogen-bond acceptors (Lipinski definition) is 3. The van der Waals surface area contributed by atoms with Crippen LogP contribution in [0.15, 0.2) is 36.4 Å². The summed E-state index contributed by atoms with van der Waals surface area (Å²) in [5.41, 5.74) is 1.15. The first-order chi connectivity index (χ1) is 9.73. The van der Waals surface area contributed by atoms with Crippen molar-refractivity contribution in [2.75, 3.05) is 14.2 Å². The van der Waals surface area contributed by atoms with Crippen LogP contribution in [0.5, 0.6) is 5.75 Å². The Bertz CT molecular complexity index is 630. The molecule has 3 heteroatoms. The lowest BCUT2D eigenvalue weighted by Crippen LogP contribution is -2.23. The predicted octanol–water partition coefficient (Wildman–Crippen LogP) is 3.66. The Kier molecular flexibility index (Phi) is 4.60. The minimum Gasteiger partial charge on any atom is -0.497 e. The monoisotopic (exact) mass is 268 g/mol. The van der Waals surface area contributed by atoms with E-state index in [0.29, 0.717) is 0 Å². The van der Waals surface area contributed by atoms with Gasteiger partial charge in [0, 0.05) is 6.04 Å². The molecule has 0 aliphatic heterocycles. The summed E-state index contributed by atoms with van der Waals surface area (Å²) in [6, 6.07) is 14.8. The second-order valence-electron chi connectivity index (χ2n) is 4.88. The zero-order valence-corrected chi connectivity index (χ0v) is 12.2. The molecule has 2 rings (SSSR count). The van der Waals surface area contributed by atoms with Gasteiger partial charge in [0.2, 0.25) is 0 Å². The standard InChI is InChI=1S/C17H20N2O/c1-4-12(11-18)17(19-2)15-6-5-14-10-16(20-3)8-7-13(14)9-15/h5-10,12,17,19H,4H2,1-3H3. The minimum absolute atomic E-state index is 0.0179. The van der Waals surface area contributed by atoms with E-state index in [4.69, 9.17) is 4.74 Å². The third kappa shape index (κ3) is 2.76. The second kappa shape index (κ2) is 6.40. The Morgan fingerprint density at radius 2 is 1.90 bits per heavy atom. The number of methoxy groups -OCH3 is 1. The molecule has 2 aromatic rings. The molecule has 0 aliphatic carbocycles. The average Bonchev–Trinajstić information content (AvgIpc) is 2.51. The third-order valence-corrected chi connectivity index (χ3v) is 3.75. The predicted molar refractivity (Wildman–Crippen MR) is 81.7 cm³/mol. The summed E-state index contributed by atoms with van der Waals surface area (Å²) >= 11 is 0. The average molecular weight is 268 g/mol. The number of rotatable bonds is 5. The van der Waals surface area contributed by atoms with Gasteiger partial charge in [0.15, 0.2) is 0 Å². The van der Waals surface area contributed by atoms with Crippen molar-refractivity contribution in [1.29, 1.82) is 5.26 Å². The molecule has 0 aromatic heterocycles. The Morgan fingerprint density at radius 1 is 1.20 bits per heavy atom. The van der Waals surface area contributed by atoms with Gasteiger partial charge in [0.1, 0.15) is 5.75 Å². The van der Waals surface area contributed by atoms with E-state index in [0.717, 1.165) is 28.5 Å². The summed E-state index contributed by atoms with van der Waals surface area (Å²) in [5, 5.41) is 14.8. The van der Waals surface area contributed by atoms with Crippen LogP contribution in [0.25, 0.3) is 10.8 Å². The van der Waals surface area contributed by atoms with Crippen molar-refractivity contribution >= 4 is 10.8 Å². The van der Waals surface area contributed by atoms with Gasteiger partial charge in [0.25, 0.3) is 0 Å². The lowest BCUT2D eigenvalue weighted by Gasteiger charge is -2.21. The maximum Gasteiger partial charge on any atom is 0.119 e. The molecular weight excluding hydrogens is 248 g/mol. The van der Waals surface area contributed by atoms with Crippen molar-refractivity contribution in [3.05, 3.63) is 42.0 Å². The van der Waals surface area contributed by atoms with Crippen LogP contribution < -0.4 is 10.1 Å². The number of nitriles is 1. The largest absolute Gasteiger partial charge is 0.497 e. The van der Waals surface area contributed by atoms with Gasteiger partial charge in [-0.15, -0.1) is 0 Å². The minimum atomic E-state index is -0.0179. The van der Waals surface area contributed by atoms with Gasteiger partial charge in [-0.2, -0.15) is 5.26 Å². The Hall–Kier alpha value is -2.05. The summed E-state index contributed by atoms with van der Waals surface area (Å²) in [4.78, 5) is 0. The van der Waals surface area contributed by atoms with Gasteiger partial charge in [-0.25, -0.2) is 0 Å². The Labute approximate surface area is 120 Å². The molecule has 0 heterocycles. The molecule has 1 N–H and O–H groups in total. The molecule has 0 amide bonds. The van der Waals surface area contributed by atoms with E-state index in [-0.39, 0.29) is 12.0 Å². The first-order valence-electron chi connectivity index (χ1n) is 6.88. The molecule has 2 atom stereocenters. The molecule has 0 aliphatic rings. The molecule has 0 bridgehead atoms. The van der Waals surface area contributed by atoms with Crippen LogP contribution in [0.2, 0.25) is 0 Å². The Balaban J connectivity index is 2.42. The second-order valence-corrected chi connectivity index (χ2v) is 4.88. The number of hydrogen-bond donors (Lipinski definition) is 1. The fourth-order valence-corrected chi connectivity index (χ4v) is 2.56. The van der Waals surface area contributed by atoms with Crippen LogP contribution in [0.1, 0.15) is 24.9 Å². The van der Waals surface area contributed by atoms with Crippen LogP contribution in [0.3, 0.4) is 0 Å². The zero-order chi connectivity index (χ0) is 14.5. The highest BCUT2D eigenvalue weighted by Gasteiger charge is 2.19. The third-order valence-electron chi connectivity index (χ3n) is 3.75. The smallest absolute Gasteiger partial charge is 0.119 e. The van der Waals surface area contributed by atoms with Gasteiger partial charge in [-0.1, -0.05) is 25.1 Å². The van der Waals surface area contributed by atoms with Gasteiger partial charge >= 0.3 is 0 Å². The molecule has 2 unspecified atom stereocenters. The van der Waals surface area contributed by atoms with Crippen LogP contribution in [-0.4, -0.2) is 14.2 Å².